The number of likely N-dealkylation sites (N-methyl/N-ethyl adjacent to an activating group) is 1. The molecule has 2 atom stereocenters. The second kappa shape index (κ2) is 12.4. The molecule has 196 valence electrons. The highest BCUT2D eigenvalue weighted by Crippen LogP contribution is 2.39. The van der Waals surface area contributed by atoms with Crippen LogP contribution in [0.3, 0.4) is 0 Å². The monoisotopic (exact) mass is 552 g/mol. The van der Waals surface area contributed by atoms with Crippen LogP contribution < -0.4 is 4.90 Å². The molecule has 0 spiro atoms. The lowest BCUT2D eigenvalue weighted by Gasteiger charge is -2.44. The van der Waals surface area contributed by atoms with Crippen LogP contribution in [0.25, 0.3) is 0 Å². The van der Waals surface area contributed by atoms with Crippen molar-refractivity contribution in [2.24, 2.45) is 0 Å². The van der Waals surface area contributed by atoms with Gasteiger partial charge in [0.2, 0.25) is 0 Å². The van der Waals surface area contributed by atoms with E-state index >= 15 is 0 Å². The van der Waals surface area contributed by atoms with Crippen molar-refractivity contribution in [2.45, 2.75) is 44.7 Å². The second-order valence-electron chi connectivity index (χ2n) is 9.59. The molecule has 4 rings (SSSR count). The zero-order chi connectivity index (χ0) is 25.1. The molecule has 2 aromatic rings. The van der Waals surface area contributed by atoms with Gasteiger partial charge in [0.1, 0.15) is 0 Å². The van der Waals surface area contributed by atoms with Gasteiger partial charge < -0.3 is 19.6 Å². The predicted molar refractivity (Wildman–Crippen MR) is 150 cm³/mol. The maximum absolute atomic E-state index is 12.8. The predicted octanol–water partition coefficient (Wildman–Crippen LogP) is 6.36. The lowest BCUT2D eigenvalue weighted by Crippen LogP contribution is -2.47. The van der Waals surface area contributed by atoms with Gasteiger partial charge in [0.25, 0.3) is 5.91 Å². The van der Waals surface area contributed by atoms with Gasteiger partial charge in [-0.3, -0.25) is 4.79 Å². The molecule has 2 aliphatic heterocycles. The van der Waals surface area contributed by atoms with Crippen LogP contribution in [0.4, 0.5) is 10.5 Å². The Kier molecular flexibility index (Phi) is 9.79. The summed E-state index contributed by atoms with van der Waals surface area (Å²) < 4.78 is 0. The third-order valence-corrected chi connectivity index (χ3v) is 7.97. The lowest BCUT2D eigenvalue weighted by molar-refractivity contribution is 0.0793. The van der Waals surface area contributed by atoms with Crippen LogP contribution in [0.2, 0.25) is 10.0 Å². The van der Waals surface area contributed by atoms with Crippen molar-refractivity contribution in [3.63, 3.8) is 0 Å². The van der Waals surface area contributed by atoms with Gasteiger partial charge in [-0.05, 0) is 61.2 Å². The Bertz CT molecular complexity index is 1070. The molecule has 2 aromatic carbocycles. The zero-order valence-electron chi connectivity index (χ0n) is 21.1. The van der Waals surface area contributed by atoms with E-state index in [0.29, 0.717) is 15.6 Å². The molecule has 2 heterocycles. The molecule has 2 saturated heterocycles. The summed E-state index contributed by atoms with van der Waals surface area (Å²) in [7, 11) is 3.71. The molecular formula is C27H35Cl3N4O2. The molecule has 2 fully saturated rings. The van der Waals surface area contributed by atoms with Gasteiger partial charge in [-0.1, -0.05) is 42.6 Å². The van der Waals surface area contributed by atoms with E-state index in [0.717, 1.165) is 63.1 Å². The van der Waals surface area contributed by atoms with Gasteiger partial charge in [-0.25, -0.2) is 4.79 Å². The van der Waals surface area contributed by atoms with Crippen molar-refractivity contribution in [3.8, 4) is 0 Å². The first-order valence-electron chi connectivity index (χ1n) is 12.4. The Balaban J connectivity index is 0.00000361. The summed E-state index contributed by atoms with van der Waals surface area (Å²) in [6, 6.07) is 14.0. The molecule has 2 aliphatic rings. The van der Waals surface area contributed by atoms with E-state index in [1.807, 2.05) is 61.5 Å². The summed E-state index contributed by atoms with van der Waals surface area (Å²) in [4.78, 5) is 33.4. The molecule has 0 aromatic heterocycles. The van der Waals surface area contributed by atoms with Gasteiger partial charge in [-0.15, -0.1) is 12.4 Å². The molecule has 0 radical (unpaired) electrons. The molecule has 2 unspecified atom stereocenters. The number of amides is 3. The van der Waals surface area contributed by atoms with Crippen LogP contribution in [0.1, 0.15) is 54.6 Å². The standard InChI is InChI=1S/C27H34Cl2N4O2.ClH/c1-4-5-13-30(2)26(34)19-6-9-21(10-7-19)32-14-12-22(33-16-15-31(3)27(33)35)18-25(32)20-8-11-23(28)24(29)17-20;/h6-11,17,22,25H,4-5,12-16,18H2,1-3H3;1H. The quantitative estimate of drug-likeness (QED) is 0.401. The van der Waals surface area contributed by atoms with E-state index in [1.54, 1.807) is 9.80 Å². The number of anilines is 1. The number of hydrogen-bond acceptors (Lipinski definition) is 3. The Morgan fingerprint density at radius 1 is 1.03 bits per heavy atom. The highest BCUT2D eigenvalue weighted by molar-refractivity contribution is 6.42. The summed E-state index contributed by atoms with van der Waals surface area (Å²) in [5.41, 5.74) is 2.82. The van der Waals surface area contributed by atoms with Gasteiger partial charge in [-0.2, -0.15) is 0 Å². The summed E-state index contributed by atoms with van der Waals surface area (Å²) in [6.07, 6.45) is 3.74. The summed E-state index contributed by atoms with van der Waals surface area (Å²) in [6.45, 7) is 5.20. The number of benzene rings is 2. The average molecular weight is 554 g/mol. The van der Waals surface area contributed by atoms with Crippen molar-refractivity contribution in [3.05, 3.63) is 63.6 Å². The minimum absolute atomic E-state index is 0. The number of nitrogens with zero attached hydrogens (tertiary/aromatic N) is 4. The van der Waals surface area contributed by atoms with Crippen molar-refractivity contribution in [1.82, 2.24) is 14.7 Å². The van der Waals surface area contributed by atoms with Crippen LogP contribution in [-0.2, 0) is 0 Å². The molecule has 0 aliphatic carbocycles. The van der Waals surface area contributed by atoms with Crippen LogP contribution in [0.15, 0.2) is 42.5 Å². The minimum atomic E-state index is 0. The third-order valence-electron chi connectivity index (χ3n) is 7.23. The lowest BCUT2D eigenvalue weighted by atomic mass is 9.90. The topological polar surface area (TPSA) is 47.1 Å². The van der Waals surface area contributed by atoms with Gasteiger partial charge in [0, 0.05) is 57.6 Å². The fourth-order valence-electron chi connectivity index (χ4n) is 5.09. The number of urea groups is 1. The van der Waals surface area contributed by atoms with Gasteiger partial charge >= 0.3 is 6.03 Å². The maximum Gasteiger partial charge on any atom is 0.320 e. The summed E-state index contributed by atoms with van der Waals surface area (Å²) in [5.74, 6) is 0.0430. The van der Waals surface area contributed by atoms with Crippen molar-refractivity contribution in [2.75, 3.05) is 45.2 Å². The Morgan fingerprint density at radius 3 is 2.36 bits per heavy atom. The highest BCUT2D eigenvalue weighted by atomic mass is 35.5. The normalized spacial score (nSPS) is 19.9. The number of carbonyl (C=O) groups excluding carboxylic acids is 2. The summed E-state index contributed by atoms with van der Waals surface area (Å²) >= 11 is 12.6. The molecule has 3 amide bonds. The van der Waals surface area contributed by atoms with E-state index in [-0.39, 0.29) is 36.4 Å². The Morgan fingerprint density at radius 2 is 1.75 bits per heavy atom. The molecule has 9 heteroatoms. The number of rotatable bonds is 7. The number of carbonyl (C=O) groups is 2. The van der Waals surface area contributed by atoms with E-state index in [2.05, 4.69) is 11.8 Å². The van der Waals surface area contributed by atoms with Crippen LogP contribution in [-0.4, -0.2) is 73.0 Å². The molecule has 0 saturated carbocycles. The smallest absolute Gasteiger partial charge is 0.320 e. The molecule has 0 bridgehead atoms. The fraction of sp³-hybridized carbons (Fsp3) is 0.481. The first-order chi connectivity index (χ1) is 16.8. The number of halogens is 3. The zero-order valence-corrected chi connectivity index (χ0v) is 23.5. The molecule has 6 nitrogen and oxygen atoms in total. The second-order valence-corrected chi connectivity index (χ2v) is 10.4. The van der Waals surface area contributed by atoms with Gasteiger partial charge in [0.15, 0.2) is 0 Å². The number of unbranched alkanes of at least 4 members (excludes halogenated alkanes) is 1. The largest absolute Gasteiger partial charge is 0.364 e. The van der Waals surface area contributed by atoms with Crippen LogP contribution >= 0.6 is 35.6 Å². The molecular weight excluding hydrogens is 519 g/mol. The first-order valence-corrected chi connectivity index (χ1v) is 13.1. The minimum Gasteiger partial charge on any atom is -0.364 e. The Labute approximate surface area is 230 Å². The average Bonchev–Trinajstić information content (AvgIpc) is 3.21. The van der Waals surface area contributed by atoms with E-state index < -0.39 is 0 Å². The highest BCUT2D eigenvalue weighted by Gasteiger charge is 2.38. The first kappa shape index (κ1) is 28.4. The van der Waals surface area contributed by atoms with E-state index in [9.17, 15) is 9.59 Å². The summed E-state index contributed by atoms with van der Waals surface area (Å²) in [5, 5.41) is 1.06. The van der Waals surface area contributed by atoms with Gasteiger partial charge in [0.05, 0.1) is 16.1 Å². The third kappa shape index (κ3) is 6.04. The van der Waals surface area contributed by atoms with Crippen molar-refractivity contribution in [1.29, 1.82) is 0 Å². The number of hydrogen-bond donors (Lipinski definition) is 0. The van der Waals surface area contributed by atoms with Crippen molar-refractivity contribution < 1.29 is 9.59 Å². The molecule has 36 heavy (non-hydrogen) atoms. The van der Waals surface area contributed by atoms with E-state index in [4.69, 9.17) is 23.2 Å². The maximum atomic E-state index is 12.8. The van der Waals surface area contributed by atoms with Crippen molar-refractivity contribution >= 4 is 53.2 Å². The number of piperidine rings is 1. The van der Waals surface area contributed by atoms with Crippen LogP contribution in [0.5, 0.6) is 0 Å². The SMILES string of the molecule is CCCCN(C)C(=O)c1ccc(N2CCC(N3CCN(C)C3=O)CC2c2ccc(Cl)c(Cl)c2)cc1.Cl. The van der Waals surface area contributed by atoms with E-state index in [1.165, 1.54) is 0 Å². The Hall–Kier alpha value is -2.15. The molecule has 0 N–H and O–H groups in total. The van der Waals surface area contributed by atoms with Crippen LogP contribution in [0, 0.1) is 0 Å². The fourth-order valence-corrected chi connectivity index (χ4v) is 5.40.